The van der Waals surface area contributed by atoms with E-state index >= 15 is 0 Å². The lowest BCUT2D eigenvalue weighted by Crippen LogP contribution is -2.28. The van der Waals surface area contributed by atoms with Gasteiger partial charge in [-0.1, -0.05) is 0 Å². The fourth-order valence-corrected chi connectivity index (χ4v) is 1.37. The van der Waals surface area contributed by atoms with Crippen molar-refractivity contribution in [3.63, 3.8) is 0 Å². The summed E-state index contributed by atoms with van der Waals surface area (Å²) in [4.78, 5) is 15.1. The number of carbonyl (C=O) groups is 1. The van der Waals surface area contributed by atoms with Gasteiger partial charge in [0.05, 0.1) is 24.4 Å². The van der Waals surface area contributed by atoms with Crippen molar-refractivity contribution < 1.29 is 9.53 Å². The predicted molar refractivity (Wildman–Crippen MR) is 53.8 cm³/mol. The van der Waals surface area contributed by atoms with Gasteiger partial charge in [0.2, 0.25) is 5.91 Å². The van der Waals surface area contributed by atoms with Crippen LogP contribution in [0, 0.1) is 0 Å². The predicted octanol–water partition coefficient (Wildman–Crippen LogP) is -0.265. The van der Waals surface area contributed by atoms with Gasteiger partial charge in [-0.05, 0) is 0 Å². The van der Waals surface area contributed by atoms with Gasteiger partial charge in [0.1, 0.15) is 6.61 Å². The quantitative estimate of drug-likeness (QED) is 0.641. The van der Waals surface area contributed by atoms with E-state index in [9.17, 15) is 4.79 Å². The molecular formula is C8H13N3O2S. The van der Waals surface area contributed by atoms with Gasteiger partial charge in [0.15, 0.2) is 0 Å². The topological polar surface area (TPSA) is 77.2 Å². The number of nitrogens with zero attached hydrogens (tertiary/aromatic N) is 1. The Hall–Kier alpha value is -0.980. The third-order valence-corrected chi connectivity index (χ3v) is 2.08. The number of hydrogen-bond donors (Lipinski definition) is 2. The second-order valence-corrected chi connectivity index (χ2v) is 3.32. The van der Waals surface area contributed by atoms with Crippen molar-refractivity contribution in [3.8, 4) is 0 Å². The number of rotatable bonds is 6. The molecule has 0 bridgehead atoms. The first-order valence-corrected chi connectivity index (χ1v) is 5.19. The monoisotopic (exact) mass is 215 g/mol. The number of thiazole rings is 1. The summed E-state index contributed by atoms with van der Waals surface area (Å²) in [6, 6.07) is 0. The van der Waals surface area contributed by atoms with Gasteiger partial charge in [-0.25, -0.2) is 4.98 Å². The fraction of sp³-hybridized carbons (Fsp3) is 0.500. The summed E-state index contributed by atoms with van der Waals surface area (Å²) in [7, 11) is 0. The molecule has 0 saturated heterocycles. The Morgan fingerprint density at radius 2 is 2.57 bits per heavy atom. The number of amides is 1. The minimum atomic E-state index is -0.147. The van der Waals surface area contributed by atoms with Crippen LogP contribution in [0.15, 0.2) is 10.9 Å². The molecule has 0 saturated carbocycles. The van der Waals surface area contributed by atoms with Crippen LogP contribution in [0.25, 0.3) is 0 Å². The number of aromatic nitrogens is 1. The summed E-state index contributed by atoms with van der Waals surface area (Å²) in [6.07, 6.45) is 0. The Bertz CT molecular complexity index is 264. The van der Waals surface area contributed by atoms with E-state index < -0.39 is 0 Å². The second kappa shape index (κ2) is 6.47. The molecule has 6 heteroatoms. The highest BCUT2D eigenvalue weighted by Crippen LogP contribution is 1.99. The zero-order valence-corrected chi connectivity index (χ0v) is 8.55. The molecule has 0 atom stereocenters. The molecule has 0 aliphatic rings. The first-order valence-electron chi connectivity index (χ1n) is 4.24. The van der Waals surface area contributed by atoms with Crippen molar-refractivity contribution in [3.05, 3.63) is 16.6 Å². The molecule has 1 aromatic rings. The molecule has 1 heterocycles. The molecule has 0 spiro atoms. The van der Waals surface area contributed by atoms with Crippen molar-refractivity contribution in [2.45, 2.75) is 6.54 Å². The van der Waals surface area contributed by atoms with Crippen LogP contribution in [-0.4, -0.2) is 30.6 Å². The molecule has 1 rings (SSSR count). The molecule has 0 aliphatic carbocycles. The standard InChI is InChI=1S/C8H13N3O2S/c9-1-2-13-4-8(12)10-3-7-5-14-6-11-7/h5-6H,1-4,9H2,(H,10,12). The molecule has 0 unspecified atom stereocenters. The second-order valence-electron chi connectivity index (χ2n) is 2.60. The average Bonchev–Trinajstić information content (AvgIpc) is 2.68. The summed E-state index contributed by atoms with van der Waals surface area (Å²) in [5.41, 5.74) is 7.79. The van der Waals surface area contributed by atoms with E-state index in [1.165, 1.54) is 11.3 Å². The summed E-state index contributed by atoms with van der Waals surface area (Å²) >= 11 is 1.50. The van der Waals surface area contributed by atoms with Gasteiger partial charge in [0.25, 0.3) is 0 Å². The lowest BCUT2D eigenvalue weighted by atomic mass is 10.5. The van der Waals surface area contributed by atoms with Gasteiger partial charge < -0.3 is 15.8 Å². The summed E-state index contributed by atoms with van der Waals surface area (Å²) in [5.74, 6) is -0.147. The van der Waals surface area contributed by atoms with E-state index in [2.05, 4.69) is 10.3 Å². The smallest absolute Gasteiger partial charge is 0.246 e. The van der Waals surface area contributed by atoms with Crippen LogP contribution < -0.4 is 11.1 Å². The van der Waals surface area contributed by atoms with Crippen LogP contribution in [0.5, 0.6) is 0 Å². The third-order valence-electron chi connectivity index (χ3n) is 1.45. The maximum atomic E-state index is 11.1. The average molecular weight is 215 g/mol. The van der Waals surface area contributed by atoms with Gasteiger partial charge in [0, 0.05) is 11.9 Å². The van der Waals surface area contributed by atoms with E-state index in [0.717, 1.165) is 5.69 Å². The highest BCUT2D eigenvalue weighted by Gasteiger charge is 2.01. The van der Waals surface area contributed by atoms with E-state index in [1.54, 1.807) is 5.51 Å². The van der Waals surface area contributed by atoms with Crippen LogP contribution in [0.1, 0.15) is 5.69 Å². The van der Waals surface area contributed by atoms with Crippen molar-refractivity contribution >= 4 is 17.2 Å². The molecule has 78 valence electrons. The van der Waals surface area contributed by atoms with Gasteiger partial charge >= 0.3 is 0 Å². The van der Waals surface area contributed by atoms with Gasteiger partial charge in [-0.3, -0.25) is 4.79 Å². The number of nitrogens with two attached hydrogens (primary N) is 1. The van der Waals surface area contributed by atoms with Crippen LogP contribution in [0.3, 0.4) is 0 Å². The Balaban J connectivity index is 2.09. The zero-order chi connectivity index (χ0) is 10.2. The molecule has 0 fully saturated rings. The van der Waals surface area contributed by atoms with Gasteiger partial charge in [-0.15, -0.1) is 11.3 Å². The van der Waals surface area contributed by atoms with E-state index in [1.807, 2.05) is 5.38 Å². The number of hydrogen-bond acceptors (Lipinski definition) is 5. The lowest BCUT2D eigenvalue weighted by Gasteiger charge is -2.03. The molecule has 14 heavy (non-hydrogen) atoms. The first kappa shape index (κ1) is 11.1. The first-order chi connectivity index (χ1) is 6.83. The fourth-order valence-electron chi connectivity index (χ4n) is 0.813. The minimum absolute atomic E-state index is 0.0569. The van der Waals surface area contributed by atoms with Crippen molar-refractivity contribution in [1.82, 2.24) is 10.3 Å². The minimum Gasteiger partial charge on any atom is -0.370 e. The van der Waals surface area contributed by atoms with Crippen molar-refractivity contribution in [2.75, 3.05) is 19.8 Å². The number of carbonyl (C=O) groups excluding carboxylic acids is 1. The Morgan fingerprint density at radius 3 is 3.21 bits per heavy atom. The molecule has 0 aromatic carbocycles. The van der Waals surface area contributed by atoms with Crippen molar-refractivity contribution in [1.29, 1.82) is 0 Å². The highest BCUT2D eigenvalue weighted by molar-refractivity contribution is 7.07. The van der Waals surface area contributed by atoms with E-state index in [0.29, 0.717) is 19.7 Å². The zero-order valence-electron chi connectivity index (χ0n) is 7.73. The summed E-state index contributed by atoms with van der Waals surface area (Å²) < 4.78 is 4.96. The van der Waals surface area contributed by atoms with Crippen LogP contribution in [-0.2, 0) is 16.1 Å². The van der Waals surface area contributed by atoms with E-state index in [-0.39, 0.29) is 12.5 Å². The molecule has 5 nitrogen and oxygen atoms in total. The Morgan fingerprint density at radius 1 is 1.71 bits per heavy atom. The van der Waals surface area contributed by atoms with Crippen molar-refractivity contribution in [2.24, 2.45) is 5.73 Å². The van der Waals surface area contributed by atoms with Crippen LogP contribution >= 0.6 is 11.3 Å². The largest absolute Gasteiger partial charge is 0.370 e. The Kier molecular flexibility index (Phi) is 5.13. The number of nitrogens with one attached hydrogen (secondary N) is 1. The molecule has 1 amide bonds. The molecular weight excluding hydrogens is 202 g/mol. The maximum absolute atomic E-state index is 11.1. The molecule has 1 aromatic heterocycles. The van der Waals surface area contributed by atoms with E-state index in [4.69, 9.17) is 10.5 Å². The molecule has 0 aliphatic heterocycles. The normalized spacial score (nSPS) is 10.1. The molecule has 0 radical (unpaired) electrons. The third kappa shape index (κ3) is 4.31. The molecule has 3 N–H and O–H groups in total. The van der Waals surface area contributed by atoms with Gasteiger partial charge in [-0.2, -0.15) is 0 Å². The van der Waals surface area contributed by atoms with Crippen LogP contribution in [0.4, 0.5) is 0 Å². The lowest BCUT2D eigenvalue weighted by molar-refractivity contribution is -0.125. The van der Waals surface area contributed by atoms with Crippen LogP contribution in [0.2, 0.25) is 0 Å². The summed E-state index contributed by atoms with van der Waals surface area (Å²) in [6.45, 7) is 1.35. The maximum Gasteiger partial charge on any atom is 0.246 e. The Labute approximate surface area is 86.3 Å². The SMILES string of the molecule is NCCOCC(=O)NCc1cscn1. The highest BCUT2D eigenvalue weighted by atomic mass is 32.1. The summed E-state index contributed by atoms with van der Waals surface area (Å²) in [5, 5.41) is 4.57. The number of ether oxygens (including phenoxy) is 1.